The summed E-state index contributed by atoms with van der Waals surface area (Å²) >= 11 is 0. The van der Waals surface area contributed by atoms with E-state index in [0.717, 1.165) is 6.07 Å². The zero-order chi connectivity index (χ0) is 16.9. The van der Waals surface area contributed by atoms with Crippen molar-refractivity contribution in [1.82, 2.24) is 4.90 Å². The van der Waals surface area contributed by atoms with E-state index in [2.05, 4.69) is 0 Å². The van der Waals surface area contributed by atoms with E-state index in [4.69, 9.17) is 5.73 Å². The quantitative estimate of drug-likeness (QED) is 0.851. The van der Waals surface area contributed by atoms with Crippen molar-refractivity contribution in [3.8, 4) is 0 Å². The second-order valence-corrected chi connectivity index (χ2v) is 5.84. The van der Waals surface area contributed by atoms with Crippen molar-refractivity contribution in [2.75, 3.05) is 13.6 Å². The second-order valence-electron chi connectivity index (χ2n) is 5.84. The zero-order valence-corrected chi connectivity index (χ0v) is 14.4. The van der Waals surface area contributed by atoms with Crippen LogP contribution in [0.1, 0.15) is 31.4 Å². The van der Waals surface area contributed by atoms with Crippen molar-refractivity contribution < 1.29 is 18.0 Å². The highest BCUT2D eigenvalue weighted by atomic mass is 35.5. The molecule has 0 fully saturated rings. The van der Waals surface area contributed by atoms with Crippen molar-refractivity contribution >= 4 is 18.3 Å². The van der Waals surface area contributed by atoms with Crippen molar-refractivity contribution in [3.63, 3.8) is 0 Å². The zero-order valence-electron chi connectivity index (χ0n) is 13.6. The number of rotatable bonds is 6. The summed E-state index contributed by atoms with van der Waals surface area (Å²) in [6, 6.07) is 5.14. The molecule has 132 valence electrons. The molecular weight excluding hydrogens is 329 g/mol. The Bertz CT molecular complexity index is 506. The maximum Gasteiger partial charge on any atom is 0.416 e. The molecule has 23 heavy (non-hydrogen) atoms. The molecule has 2 N–H and O–H groups in total. The molecule has 0 bridgehead atoms. The second kappa shape index (κ2) is 9.13. The molecule has 0 radical (unpaired) electrons. The summed E-state index contributed by atoms with van der Waals surface area (Å²) in [7, 11) is 1.59. The Kier molecular flexibility index (Phi) is 8.63. The summed E-state index contributed by atoms with van der Waals surface area (Å²) in [5.41, 5.74) is 5.16. The Morgan fingerprint density at radius 2 is 1.83 bits per heavy atom. The molecule has 3 nitrogen and oxygen atoms in total. The van der Waals surface area contributed by atoms with E-state index in [1.807, 2.05) is 13.8 Å². The van der Waals surface area contributed by atoms with E-state index < -0.39 is 11.7 Å². The predicted molar refractivity (Wildman–Crippen MR) is 87.5 cm³/mol. The van der Waals surface area contributed by atoms with Crippen LogP contribution in [0.3, 0.4) is 0 Å². The van der Waals surface area contributed by atoms with Gasteiger partial charge in [-0.05, 0) is 24.0 Å². The van der Waals surface area contributed by atoms with Gasteiger partial charge in [0.25, 0.3) is 0 Å². The third-order valence-corrected chi connectivity index (χ3v) is 3.74. The molecule has 0 saturated carbocycles. The molecule has 1 amide bonds. The molecule has 1 unspecified atom stereocenters. The Hall–Kier alpha value is -1.27. The van der Waals surface area contributed by atoms with Crippen LogP contribution >= 0.6 is 12.4 Å². The Labute approximate surface area is 141 Å². The maximum absolute atomic E-state index is 12.9. The van der Waals surface area contributed by atoms with Crippen molar-refractivity contribution in [1.29, 1.82) is 0 Å². The number of hydrogen-bond acceptors (Lipinski definition) is 2. The number of carbonyl (C=O) groups is 1. The van der Waals surface area contributed by atoms with Crippen LogP contribution in [0.15, 0.2) is 24.3 Å². The fourth-order valence-corrected chi connectivity index (χ4v) is 2.05. The van der Waals surface area contributed by atoms with E-state index in [1.165, 1.54) is 23.1 Å². The van der Waals surface area contributed by atoms with E-state index in [9.17, 15) is 18.0 Å². The van der Waals surface area contributed by atoms with Crippen molar-refractivity contribution in [2.45, 2.75) is 38.9 Å². The third-order valence-electron chi connectivity index (χ3n) is 3.74. The molecule has 1 rings (SSSR count). The van der Waals surface area contributed by atoms with Crippen LogP contribution in [-0.4, -0.2) is 30.4 Å². The van der Waals surface area contributed by atoms with Gasteiger partial charge in [0.15, 0.2) is 0 Å². The minimum Gasteiger partial charge on any atom is -0.345 e. The van der Waals surface area contributed by atoms with Gasteiger partial charge in [0.1, 0.15) is 0 Å². The largest absolute Gasteiger partial charge is 0.416 e. The van der Waals surface area contributed by atoms with Gasteiger partial charge in [-0.1, -0.05) is 32.0 Å². The van der Waals surface area contributed by atoms with Crippen LogP contribution in [-0.2, 0) is 17.4 Å². The fourth-order valence-electron chi connectivity index (χ4n) is 2.05. The smallest absolute Gasteiger partial charge is 0.345 e. The number of likely N-dealkylation sites (N-methyl/N-ethyl adjacent to an activating group) is 1. The lowest BCUT2D eigenvalue weighted by atomic mass is 10.0. The predicted octanol–water partition coefficient (Wildman–Crippen LogP) is 3.50. The number of alkyl halides is 3. The molecular formula is C16H24ClF3N2O. The molecule has 0 saturated heterocycles. The van der Waals surface area contributed by atoms with Gasteiger partial charge in [0.2, 0.25) is 5.91 Å². The first kappa shape index (κ1) is 21.7. The van der Waals surface area contributed by atoms with Gasteiger partial charge in [-0.25, -0.2) is 0 Å². The minimum absolute atomic E-state index is 0. The van der Waals surface area contributed by atoms with Gasteiger partial charge >= 0.3 is 6.18 Å². The average Bonchev–Trinajstić information content (AvgIpc) is 2.43. The molecule has 0 spiro atoms. The van der Waals surface area contributed by atoms with Gasteiger partial charge in [-0.15, -0.1) is 12.4 Å². The van der Waals surface area contributed by atoms with Crippen LogP contribution in [0.5, 0.6) is 0 Å². The average molecular weight is 353 g/mol. The van der Waals surface area contributed by atoms with Crippen LogP contribution in [0.25, 0.3) is 0 Å². The molecule has 1 atom stereocenters. The topological polar surface area (TPSA) is 46.3 Å². The lowest BCUT2D eigenvalue weighted by Gasteiger charge is -2.22. The standard InChI is InChI=1S/C16H23F3N2O.ClH/c1-11(2)14(20)8-9-21(3)15(22)10-12-6-4-5-7-13(12)16(17,18)19;/h4-7,11,14H,8-10,20H2,1-3H3;1H. The number of nitrogens with zero attached hydrogens (tertiary/aromatic N) is 1. The first-order chi connectivity index (χ1) is 10.1. The van der Waals surface area contributed by atoms with E-state index in [0.29, 0.717) is 18.9 Å². The summed E-state index contributed by atoms with van der Waals surface area (Å²) in [6.07, 6.45) is -4.08. The highest BCUT2D eigenvalue weighted by Crippen LogP contribution is 2.32. The number of nitrogens with two attached hydrogens (primary N) is 1. The Balaban J connectivity index is 0.00000484. The number of hydrogen-bond donors (Lipinski definition) is 1. The number of halogens is 4. The van der Waals surface area contributed by atoms with Crippen LogP contribution < -0.4 is 5.73 Å². The summed E-state index contributed by atoms with van der Waals surface area (Å²) in [5.74, 6) is -0.0397. The Morgan fingerprint density at radius 1 is 1.26 bits per heavy atom. The molecule has 7 heteroatoms. The first-order valence-corrected chi connectivity index (χ1v) is 7.27. The minimum atomic E-state index is -4.45. The highest BCUT2D eigenvalue weighted by molar-refractivity contribution is 5.85. The molecule has 0 aliphatic rings. The number of carbonyl (C=O) groups excluding carboxylic acids is 1. The summed E-state index contributed by atoms with van der Waals surface area (Å²) in [6.45, 7) is 4.42. The molecule has 0 aromatic heterocycles. The van der Waals surface area contributed by atoms with Crippen LogP contribution in [0.2, 0.25) is 0 Å². The van der Waals surface area contributed by atoms with Gasteiger partial charge in [-0.3, -0.25) is 4.79 Å². The highest BCUT2D eigenvalue weighted by Gasteiger charge is 2.33. The van der Waals surface area contributed by atoms with Gasteiger partial charge < -0.3 is 10.6 Å². The summed E-state index contributed by atoms with van der Waals surface area (Å²) < 4.78 is 38.7. The molecule has 1 aromatic rings. The molecule has 0 heterocycles. The summed E-state index contributed by atoms with van der Waals surface area (Å²) in [4.78, 5) is 13.5. The van der Waals surface area contributed by atoms with E-state index in [-0.39, 0.29) is 36.3 Å². The van der Waals surface area contributed by atoms with Gasteiger partial charge in [-0.2, -0.15) is 13.2 Å². The SMILES string of the molecule is CC(C)C(N)CCN(C)C(=O)Cc1ccccc1C(F)(F)F.Cl. The maximum atomic E-state index is 12.9. The molecule has 0 aliphatic carbocycles. The number of benzene rings is 1. The molecule has 1 aromatic carbocycles. The summed E-state index contributed by atoms with van der Waals surface area (Å²) in [5, 5.41) is 0. The fraction of sp³-hybridized carbons (Fsp3) is 0.562. The lowest BCUT2D eigenvalue weighted by Crippen LogP contribution is -2.35. The van der Waals surface area contributed by atoms with Crippen molar-refractivity contribution in [2.24, 2.45) is 11.7 Å². The van der Waals surface area contributed by atoms with Crippen LogP contribution in [0, 0.1) is 5.92 Å². The first-order valence-electron chi connectivity index (χ1n) is 7.27. The van der Waals surface area contributed by atoms with Crippen molar-refractivity contribution in [3.05, 3.63) is 35.4 Å². The molecule has 0 aliphatic heterocycles. The number of amides is 1. The van der Waals surface area contributed by atoms with E-state index in [1.54, 1.807) is 7.05 Å². The normalized spacial score (nSPS) is 12.7. The lowest BCUT2D eigenvalue weighted by molar-refractivity contribution is -0.138. The van der Waals surface area contributed by atoms with E-state index >= 15 is 0 Å². The Morgan fingerprint density at radius 3 is 2.35 bits per heavy atom. The monoisotopic (exact) mass is 352 g/mol. The van der Waals surface area contributed by atoms with Gasteiger partial charge in [0, 0.05) is 19.6 Å². The van der Waals surface area contributed by atoms with Gasteiger partial charge in [0.05, 0.1) is 12.0 Å². The van der Waals surface area contributed by atoms with Crippen LogP contribution in [0.4, 0.5) is 13.2 Å². The third kappa shape index (κ3) is 6.79.